The Morgan fingerprint density at radius 1 is 1.34 bits per heavy atom. The fourth-order valence-electron chi connectivity index (χ4n) is 5.35. The highest BCUT2D eigenvalue weighted by Crippen LogP contribution is 2.38. The first-order valence-electron chi connectivity index (χ1n) is 12.3. The average molecular weight is 479 g/mol. The molecule has 2 N–H and O–H groups in total. The number of hydrogen-bond acceptors (Lipinski definition) is 5. The number of likely N-dealkylation sites (tertiary alicyclic amines) is 1. The molecule has 4 atom stereocenters. The van der Waals surface area contributed by atoms with Crippen LogP contribution >= 0.6 is 0 Å². The maximum absolute atomic E-state index is 13.6. The lowest BCUT2D eigenvalue weighted by Gasteiger charge is -2.26. The molecule has 0 bridgehead atoms. The van der Waals surface area contributed by atoms with E-state index >= 15 is 0 Å². The van der Waals surface area contributed by atoms with E-state index in [-0.39, 0.29) is 34.8 Å². The molecule has 2 amide bonds. The van der Waals surface area contributed by atoms with Crippen LogP contribution in [0.4, 0.5) is 0 Å². The van der Waals surface area contributed by atoms with Gasteiger partial charge in [0.15, 0.2) is 0 Å². The third-order valence-electron chi connectivity index (χ3n) is 7.59. The van der Waals surface area contributed by atoms with Gasteiger partial charge in [-0.1, -0.05) is 26.8 Å². The van der Waals surface area contributed by atoms with Crippen LogP contribution in [0.25, 0.3) is 10.9 Å². The summed E-state index contributed by atoms with van der Waals surface area (Å²) in [5.41, 5.74) is 1.08. The lowest BCUT2D eigenvalue weighted by Crippen LogP contribution is -2.49. The summed E-state index contributed by atoms with van der Waals surface area (Å²) >= 11 is 0. The van der Waals surface area contributed by atoms with Crippen molar-refractivity contribution in [3.8, 4) is 11.8 Å². The van der Waals surface area contributed by atoms with E-state index in [9.17, 15) is 19.6 Å². The number of Topliss-reactive ketones (excluding diaryl/α,β-unsaturated/α-hetero) is 1. The molecular formula is C27H34N4O4. The molecule has 1 saturated heterocycles. The molecular weight excluding hydrogens is 444 g/mol. The summed E-state index contributed by atoms with van der Waals surface area (Å²) in [5.74, 6) is 0.187. The van der Waals surface area contributed by atoms with Crippen LogP contribution in [0.3, 0.4) is 0 Å². The number of rotatable bonds is 6. The summed E-state index contributed by atoms with van der Waals surface area (Å²) in [5, 5.41) is 13.3. The highest BCUT2D eigenvalue weighted by molar-refractivity contribution is 6.01. The van der Waals surface area contributed by atoms with Crippen LogP contribution in [0.15, 0.2) is 24.3 Å². The molecule has 35 heavy (non-hydrogen) atoms. The van der Waals surface area contributed by atoms with E-state index in [0.717, 1.165) is 23.7 Å². The first-order chi connectivity index (χ1) is 16.6. The maximum Gasteiger partial charge on any atom is 0.270 e. The van der Waals surface area contributed by atoms with E-state index in [0.29, 0.717) is 37.3 Å². The number of methoxy groups -OCH3 is 1. The van der Waals surface area contributed by atoms with Crippen LogP contribution in [0.1, 0.15) is 63.4 Å². The van der Waals surface area contributed by atoms with Crippen molar-refractivity contribution in [3.63, 3.8) is 0 Å². The van der Waals surface area contributed by atoms with Gasteiger partial charge in [0.2, 0.25) is 5.91 Å². The van der Waals surface area contributed by atoms with Crippen molar-refractivity contribution in [3.05, 3.63) is 30.0 Å². The van der Waals surface area contributed by atoms with Crippen molar-refractivity contribution in [2.75, 3.05) is 13.7 Å². The number of fused-ring (bicyclic) bond motifs is 1. The summed E-state index contributed by atoms with van der Waals surface area (Å²) in [4.78, 5) is 43.9. The van der Waals surface area contributed by atoms with Gasteiger partial charge in [-0.05, 0) is 55.2 Å². The third-order valence-corrected chi connectivity index (χ3v) is 7.59. The Balaban J connectivity index is 1.56. The lowest BCUT2D eigenvalue weighted by molar-refractivity contribution is -0.126. The predicted molar refractivity (Wildman–Crippen MR) is 132 cm³/mol. The zero-order valence-corrected chi connectivity index (χ0v) is 20.9. The number of hydrogen-bond donors (Lipinski definition) is 2. The van der Waals surface area contributed by atoms with E-state index in [2.05, 4.69) is 37.1 Å². The van der Waals surface area contributed by atoms with E-state index in [4.69, 9.17) is 4.74 Å². The molecule has 0 radical (unpaired) electrons. The van der Waals surface area contributed by atoms with Crippen molar-refractivity contribution in [1.82, 2.24) is 15.2 Å². The number of carbonyl (C=O) groups excluding carboxylic acids is 3. The molecule has 0 unspecified atom stereocenters. The number of nitrogens with one attached hydrogen (secondary N) is 2. The number of H-pyrrole nitrogens is 1. The van der Waals surface area contributed by atoms with E-state index in [1.807, 2.05) is 18.2 Å². The monoisotopic (exact) mass is 478 g/mol. The standard InChI is InChI=1S/C27H34N4O4/c1-27(2,3)17-12-22(25(33)29-18(14-28)11-16-7-5-9-23(16)32)31(15-17)26(34)21-13-19-20(30-21)8-6-10-24(19)35-4/h6,8,10,13,16-18,22,30H,5,7,9,11-12,15H2,1-4H3,(H,29,33)/t16-,17+,18-,22-/m0/s1. The van der Waals surface area contributed by atoms with E-state index in [1.54, 1.807) is 18.1 Å². The number of benzene rings is 1. The normalized spacial score (nSPS) is 23.3. The molecule has 1 aliphatic carbocycles. The Morgan fingerprint density at radius 3 is 2.74 bits per heavy atom. The van der Waals surface area contributed by atoms with Gasteiger partial charge in [-0.3, -0.25) is 14.4 Å². The Bertz CT molecular complexity index is 1170. The van der Waals surface area contributed by atoms with Crippen LogP contribution in [-0.2, 0) is 9.59 Å². The third kappa shape index (κ3) is 5.04. The molecule has 2 heterocycles. The quantitative estimate of drug-likeness (QED) is 0.655. The Morgan fingerprint density at radius 2 is 2.11 bits per heavy atom. The van der Waals surface area contributed by atoms with Gasteiger partial charge < -0.3 is 19.9 Å². The summed E-state index contributed by atoms with van der Waals surface area (Å²) < 4.78 is 5.42. The van der Waals surface area contributed by atoms with Gasteiger partial charge >= 0.3 is 0 Å². The van der Waals surface area contributed by atoms with Gasteiger partial charge in [0.25, 0.3) is 5.91 Å². The molecule has 8 nitrogen and oxygen atoms in total. The van der Waals surface area contributed by atoms with Gasteiger partial charge in [-0.25, -0.2) is 0 Å². The minimum Gasteiger partial charge on any atom is -0.496 e. The Hall–Kier alpha value is -3.34. The van der Waals surface area contributed by atoms with Crippen LogP contribution in [0.5, 0.6) is 5.75 Å². The smallest absolute Gasteiger partial charge is 0.270 e. The summed E-state index contributed by atoms with van der Waals surface area (Å²) in [6.07, 6.45) is 2.99. The second kappa shape index (κ2) is 9.73. The number of carbonyl (C=O) groups is 3. The van der Waals surface area contributed by atoms with Crippen molar-refractivity contribution in [1.29, 1.82) is 5.26 Å². The molecule has 2 aromatic rings. The number of ketones is 1. The molecule has 0 spiro atoms. The molecule has 1 aromatic carbocycles. The summed E-state index contributed by atoms with van der Waals surface area (Å²) in [6, 6.07) is 8.04. The highest BCUT2D eigenvalue weighted by Gasteiger charge is 2.44. The minimum absolute atomic E-state index is 0.0951. The van der Waals surface area contributed by atoms with E-state index < -0.39 is 12.1 Å². The summed E-state index contributed by atoms with van der Waals surface area (Å²) in [6.45, 7) is 6.78. The molecule has 1 saturated carbocycles. The van der Waals surface area contributed by atoms with Crippen molar-refractivity contribution in [2.24, 2.45) is 17.3 Å². The molecule has 1 aliphatic heterocycles. The molecule has 4 rings (SSSR count). The maximum atomic E-state index is 13.6. The Labute approximate surface area is 206 Å². The molecule has 1 aromatic heterocycles. The zero-order valence-electron chi connectivity index (χ0n) is 20.9. The number of nitriles is 1. The fourth-order valence-corrected chi connectivity index (χ4v) is 5.35. The largest absolute Gasteiger partial charge is 0.496 e. The second-order valence-corrected chi connectivity index (χ2v) is 10.9. The zero-order chi connectivity index (χ0) is 25.3. The van der Waals surface area contributed by atoms with Crippen molar-refractivity contribution < 1.29 is 19.1 Å². The van der Waals surface area contributed by atoms with Gasteiger partial charge in [0.1, 0.15) is 29.3 Å². The van der Waals surface area contributed by atoms with E-state index in [1.165, 1.54) is 0 Å². The Kier molecular flexibility index (Phi) is 6.88. The number of ether oxygens (including phenoxy) is 1. The molecule has 2 aliphatic rings. The number of nitrogens with zero attached hydrogens (tertiary/aromatic N) is 2. The van der Waals surface area contributed by atoms with Gasteiger partial charge in [0, 0.05) is 29.8 Å². The number of amides is 2. The van der Waals surface area contributed by atoms with Gasteiger partial charge in [-0.2, -0.15) is 5.26 Å². The van der Waals surface area contributed by atoms with Crippen LogP contribution in [0, 0.1) is 28.6 Å². The SMILES string of the molecule is COc1cccc2[nH]c(C(=O)N3C[C@H](C(C)(C)C)C[C@H]3C(=O)N[C@H](C#N)C[C@@H]3CCCC3=O)cc12. The van der Waals surface area contributed by atoms with Crippen LogP contribution in [0.2, 0.25) is 0 Å². The minimum atomic E-state index is -0.752. The highest BCUT2D eigenvalue weighted by atomic mass is 16.5. The average Bonchev–Trinajstić information content (AvgIpc) is 3.55. The second-order valence-electron chi connectivity index (χ2n) is 10.9. The fraction of sp³-hybridized carbons (Fsp3) is 0.556. The summed E-state index contributed by atoms with van der Waals surface area (Å²) in [7, 11) is 1.59. The van der Waals surface area contributed by atoms with Gasteiger partial charge in [0.05, 0.1) is 13.2 Å². The first kappa shape index (κ1) is 24.8. The van der Waals surface area contributed by atoms with Crippen molar-refractivity contribution in [2.45, 2.75) is 65.0 Å². The molecule has 186 valence electrons. The predicted octanol–water partition coefficient (Wildman–Crippen LogP) is 3.82. The molecule has 2 fully saturated rings. The van der Waals surface area contributed by atoms with Crippen LogP contribution < -0.4 is 10.1 Å². The number of aromatic amines is 1. The van der Waals surface area contributed by atoms with Crippen molar-refractivity contribution >= 4 is 28.5 Å². The number of aromatic nitrogens is 1. The van der Waals surface area contributed by atoms with Gasteiger partial charge in [-0.15, -0.1) is 0 Å². The molecule has 8 heteroatoms. The first-order valence-corrected chi connectivity index (χ1v) is 12.3. The lowest BCUT2D eigenvalue weighted by atomic mass is 9.79. The van der Waals surface area contributed by atoms with Crippen LogP contribution in [-0.4, -0.2) is 53.2 Å². The topological polar surface area (TPSA) is 115 Å².